The molecule has 17 heavy (non-hydrogen) atoms. The maximum Gasteiger partial charge on any atom is 0.348 e. The van der Waals surface area contributed by atoms with E-state index in [0.717, 1.165) is 30.4 Å². The zero-order valence-corrected chi connectivity index (χ0v) is 9.69. The van der Waals surface area contributed by atoms with E-state index in [1.807, 2.05) is 30.3 Å². The minimum Gasteiger partial charge on any atom is -0.465 e. The van der Waals surface area contributed by atoms with Gasteiger partial charge in [-0.3, -0.25) is 0 Å². The van der Waals surface area contributed by atoms with Crippen LogP contribution in [0.2, 0.25) is 0 Å². The second-order valence-corrected chi connectivity index (χ2v) is 3.97. The Morgan fingerprint density at radius 3 is 2.82 bits per heavy atom. The molecule has 3 heteroatoms. The summed E-state index contributed by atoms with van der Waals surface area (Å²) in [5.41, 5.74) is 3.17. The van der Waals surface area contributed by atoms with Crippen molar-refractivity contribution in [1.82, 2.24) is 0 Å². The van der Waals surface area contributed by atoms with Crippen molar-refractivity contribution >= 4 is 11.5 Å². The van der Waals surface area contributed by atoms with Gasteiger partial charge in [0.1, 0.15) is 11.6 Å². The van der Waals surface area contributed by atoms with Crippen molar-refractivity contribution < 1.29 is 9.53 Å². The Morgan fingerprint density at radius 2 is 2.12 bits per heavy atom. The number of carbonyl (C=O) groups is 1. The van der Waals surface area contributed by atoms with Gasteiger partial charge in [-0.2, -0.15) is 5.26 Å². The maximum absolute atomic E-state index is 11.5. The predicted molar refractivity (Wildman–Crippen MR) is 63.9 cm³/mol. The molecule has 0 amide bonds. The number of nitrogens with zero attached hydrogens (tertiary/aromatic N) is 1. The molecule has 0 radical (unpaired) electrons. The van der Waals surface area contributed by atoms with E-state index in [1.165, 1.54) is 12.7 Å². The van der Waals surface area contributed by atoms with Crippen molar-refractivity contribution in [1.29, 1.82) is 5.26 Å². The number of ether oxygens (including phenoxy) is 1. The van der Waals surface area contributed by atoms with Gasteiger partial charge in [0.2, 0.25) is 0 Å². The van der Waals surface area contributed by atoms with Gasteiger partial charge in [0, 0.05) is 0 Å². The molecule has 0 spiro atoms. The number of hydrogen-bond acceptors (Lipinski definition) is 3. The lowest BCUT2D eigenvalue weighted by atomic mass is 9.85. The quantitative estimate of drug-likeness (QED) is 0.420. The molecule has 0 bridgehead atoms. The molecule has 86 valence electrons. The van der Waals surface area contributed by atoms with Crippen LogP contribution < -0.4 is 0 Å². The molecule has 0 unspecified atom stereocenters. The lowest BCUT2D eigenvalue weighted by Gasteiger charge is -2.19. The molecule has 1 aromatic rings. The van der Waals surface area contributed by atoms with Crippen molar-refractivity contribution in [3.63, 3.8) is 0 Å². The number of hydrogen-bond donors (Lipinski definition) is 0. The molecular formula is C14H13NO2. The molecular weight excluding hydrogens is 214 g/mol. The summed E-state index contributed by atoms with van der Waals surface area (Å²) in [5, 5.41) is 9.10. The van der Waals surface area contributed by atoms with Gasteiger partial charge < -0.3 is 4.74 Å². The van der Waals surface area contributed by atoms with Gasteiger partial charge >= 0.3 is 5.97 Å². The van der Waals surface area contributed by atoms with Gasteiger partial charge in [-0.05, 0) is 36.0 Å². The van der Waals surface area contributed by atoms with E-state index in [4.69, 9.17) is 5.26 Å². The van der Waals surface area contributed by atoms with Crippen LogP contribution >= 0.6 is 0 Å². The van der Waals surface area contributed by atoms with Crippen LogP contribution in [0, 0.1) is 11.3 Å². The first kappa shape index (κ1) is 11.4. The molecule has 1 aromatic carbocycles. The van der Waals surface area contributed by atoms with Crippen molar-refractivity contribution in [2.45, 2.75) is 19.3 Å². The molecule has 0 aliphatic heterocycles. The largest absolute Gasteiger partial charge is 0.465 e. The number of carbonyl (C=O) groups excluding carboxylic acids is 1. The Hall–Kier alpha value is -2.08. The molecule has 0 atom stereocenters. The summed E-state index contributed by atoms with van der Waals surface area (Å²) in [5.74, 6) is -0.542. The lowest BCUT2D eigenvalue weighted by Crippen LogP contribution is -2.10. The van der Waals surface area contributed by atoms with Crippen LogP contribution in [0.25, 0.3) is 5.57 Å². The maximum atomic E-state index is 11.5. The highest BCUT2D eigenvalue weighted by molar-refractivity contribution is 6.02. The fourth-order valence-corrected chi connectivity index (χ4v) is 2.22. The number of allylic oxidation sites excluding steroid dienone is 1. The summed E-state index contributed by atoms with van der Waals surface area (Å²) >= 11 is 0. The zero-order valence-electron chi connectivity index (χ0n) is 9.69. The normalized spacial score (nSPS) is 16.7. The number of benzene rings is 1. The number of nitriles is 1. The third kappa shape index (κ3) is 2.07. The van der Waals surface area contributed by atoms with Crippen LogP contribution in [0.1, 0.15) is 24.0 Å². The van der Waals surface area contributed by atoms with Crippen molar-refractivity contribution in [2.24, 2.45) is 0 Å². The highest BCUT2D eigenvalue weighted by Gasteiger charge is 2.21. The second kappa shape index (κ2) is 4.84. The van der Waals surface area contributed by atoms with E-state index in [-0.39, 0.29) is 5.57 Å². The minimum atomic E-state index is -0.542. The van der Waals surface area contributed by atoms with Crippen LogP contribution in [0.5, 0.6) is 0 Å². The Morgan fingerprint density at radius 1 is 1.35 bits per heavy atom. The lowest BCUT2D eigenvalue weighted by molar-refractivity contribution is -0.135. The Bertz CT molecular complexity index is 523. The fraction of sp³-hybridized carbons (Fsp3) is 0.286. The molecule has 0 saturated heterocycles. The van der Waals surface area contributed by atoms with E-state index in [0.29, 0.717) is 0 Å². The Balaban J connectivity index is 2.58. The summed E-state index contributed by atoms with van der Waals surface area (Å²) < 4.78 is 4.65. The Labute approximate surface area is 100 Å². The second-order valence-electron chi connectivity index (χ2n) is 3.97. The summed E-state index contributed by atoms with van der Waals surface area (Å²) in [6.45, 7) is 0. The first-order valence-electron chi connectivity index (χ1n) is 5.57. The number of esters is 1. The predicted octanol–water partition coefficient (Wildman–Crippen LogP) is 2.47. The van der Waals surface area contributed by atoms with Gasteiger partial charge in [0.15, 0.2) is 0 Å². The van der Waals surface area contributed by atoms with Crippen LogP contribution in [-0.2, 0) is 16.0 Å². The number of fused-ring (bicyclic) bond motifs is 1. The van der Waals surface area contributed by atoms with Gasteiger partial charge in [0.25, 0.3) is 0 Å². The minimum absolute atomic E-state index is 0.139. The summed E-state index contributed by atoms with van der Waals surface area (Å²) in [7, 11) is 1.30. The highest BCUT2D eigenvalue weighted by atomic mass is 16.5. The first-order chi connectivity index (χ1) is 8.27. The molecule has 0 aromatic heterocycles. The van der Waals surface area contributed by atoms with Gasteiger partial charge in [-0.1, -0.05) is 24.3 Å². The van der Waals surface area contributed by atoms with Crippen LogP contribution in [0.15, 0.2) is 29.8 Å². The van der Waals surface area contributed by atoms with E-state index >= 15 is 0 Å². The molecule has 0 heterocycles. The first-order valence-corrected chi connectivity index (χ1v) is 5.57. The smallest absolute Gasteiger partial charge is 0.348 e. The highest BCUT2D eigenvalue weighted by Crippen LogP contribution is 2.33. The SMILES string of the molecule is COC(=O)/C(C#N)=C1\CCCc2ccccc21. The summed E-state index contributed by atoms with van der Waals surface area (Å²) in [4.78, 5) is 11.5. The Kier molecular flexibility index (Phi) is 3.24. The molecule has 1 aliphatic rings. The fourth-order valence-electron chi connectivity index (χ4n) is 2.22. The molecule has 2 rings (SSSR count). The van der Waals surface area contributed by atoms with Gasteiger partial charge in [-0.15, -0.1) is 0 Å². The van der Waals surface area contributed by atoms with Crippen molar-refractivity contribution in [2.75, 3.05) is 7.11 Å². The topological polar surface area (TPSA) is 50.1 Å². The van der Waals surface area contributed by atoms with E-state index in [1.54, 1.807) is 0 Å². The average Bonchev–Trinajstić information content (AvgIpc) is 2.39. The van der Waals surface area contributed by atoms with E-state index in [9.17, 15) is 4.79 Å². The van der Waals surface area contributed by atoms with Crippen LogP contribution in [0.3, 0.4) is 0 Å². The van der Waals surface area contributed by atoms with Gasteiger partial charge in [-0.25, -0.2) is 4.79 Å². The zero-order chi connectivity index (χ0) is 12.3. The van der Waals surface area contributed by atoms with Crippen molar-refractivity contribution in [3.05, 3.63) is 41.0 Å². The number of methoxy groups -OCH3 is 1. The average molecular weight is 227 g/mol. The molecule has 1 aliphatic carbocycles. The van der Waals surface area contributed by atoms with Crippen molar-refractivity contribution in [3.8, 4) is 6.07 Å². The van der Waals surface area contributed by atoms with E-state index < -0.39 is 5.97 Å². The number of rotatable bonds is 1. The molecule has 0 fully saturated rings. The molecule has 0 N–H and O–H groups in total. The van der Waals surface area contributed by atoms with Crippen LogP contribution in [0.4, 0.5) is 0 Å². The van der Waals surface area contributed by atoms with E-state index in [2.05, 4.69) is 4.74 Å². The third-order valence-corrected chi connectivity index (χ3v) is 3.02. The number of aryl methyl sites for hydroxylation is 1. The monoisotopic (exact) mass is 227 g/mol. The third-order valence-electron chi connectivity index (χ3n) is 3.02. The molecule has 0 saturated carbocycles. The standard InChI is InChI=1S/C14H13NO2/c1-17-14(16)13(9-15)12-8-4-6-10-5-2-3-7-11(10)12/h2-3,5,7H,4,6,8H2,1H3/b13-12+. The molecule has 3 nitrogen and oxygen atoms in total. The van der Waals surface area contributed by atoms with Gasteiger partial charge in [0.05, 0.1) is 7.11 Å². The summed E-state index contributed by atoms with van der Waals surface area (Å²) in [6.07, 6.45) is 2.73. The summed E-state index contributed by atoms with van der Waals surface area (Å²) in [6, 6.07) is 9.88. The van der Waals surface area contributed by atoms with Crippen LogP contribution in [-0.4, -0.2) is 13.1 Å².